The number of ether oxygens (including phenoxy) is 1. The highest BCUT2D eigenvalue weighted by molar-refractivity contribution is 5.59. The van der Waals surface area contributed by atoms with Gasteiger partial charge in [-0.25, -0.2) is 0 Å². The van der Waals surface area contributed by atoms with Crippen molar-refractivity contribution in [2.75, 3.05) is 37.2 Å². The van der Waals surface area contributed by atoms with Gasteiger partial charge in [-0.2, -0.15) is 9.67 Å². The molecule has 3 rings (SSSR count). The third-order valence-electron chi connectivity index (χ3n) is 3.59. The molecule has 1 heterocycles. The van der Waals surface area contributed by atoms with Crippen molar-refractivity contribution >= 4 is 23.3 Å². The number of rotatable bonds is 5. The van der Waals surface area contributed by atoms with Crippen LogP contribution in [0, 0.1) is 0 Å². The molecule has 0 aliphatic carbocycles. The van der Waals surface area contributed by atoms with E-state index in [9.17, 15) is 0 Å². The Morgan fingerprint density at radius 2 is 1.71 bits per heavy atom. The minimum Gasteiger partial charge on any atom is -0.497 e. The Balaban J connectivity index is 1.80. The maximum Gasteiger partial charge on any atom is 0.248 e. The molecule has 0 amide bonds. The zero-order valence-electron chi connectivity index (χ0n) is 13.9. The van der Waals surface area contributed by atoms with Crippen LogP contribution in [0.1, 0.15) is 0 Å². The fourth-order valence-corrected chi connectivity index (χ4v) is 2.26. The SMILES string of the molecule is COc1ccc(-n2nc(Nc3ccc(N(C)C)cc3)nc2N)cc1. The molecule has 24 heavy (non-hydrogen) atoms. The van der Waals surface area contributed by atoms with Crippen molar-refractivity contribution in [3.63, 3.8) is 0 Å². The van der Waals surface area contributed by atoms with Gasteiger partial charge in [-0.15, -0.1) is 5.10 Å². The predicted octanol–water partition coefficient (Wildman–Crippen LogP) is 2.67. The number of anilines is 4. The van der Waals surface area contributed by atoms with Crippen LogP contribution >= 0.6 is 0 Å². The van der Waals surface area contributed by atoms with Gasteiger partial charge in [0.2, 0.25) is 11.9 Å². The molecule has 0 unspecified atom stereocenters. The van der Waals surface area contributed by atoms with Crippen LogP contribution in [-0.4, -0.2) is 36.0 Å². The number of aromatic nitrogens is 3. The van der Waals surface area contributed by atoms with E-state index in [4.69, 9.17) is 10.5 Å². The summed E-state index contributed by atoms with van der Waals surface area (Å²) in [6, 6.07) is 15.4. The molecule has 0 saturated heterocycles. The predicted molar refractivity (Wildman–Crippen MR) is 96.4 cm³/mol. The van der Waals surface area contributed by atoms with Gasteiger partial charge in [-0.1, -0.05) is 0 Å². The van der Waals surface area contributed by atoms with E-state index in [1.807, 2.05) is 67.5 Å². The highest BCUT2D eigenvalue weighted by Crippen LogP contribution is 2.21. The highest BCUT2D eigenvalue weighted by Gasteiger charge is 2.09. The van der Waals surface area contributed by atoms with Crippen molar-refractivity contribution in [2.24, 2.45) is 0 Å². The molecular weight excluding hydrogens is 304 g/mol. The number of hydrogen-bond acceptors (Lipinski definition) is 6. The van der Waals surface area contributed by atoms with Crippen LogP contribution in [0.4, 0.5) is 23.3 Å². The van der Waals surface area contributed by atoms with Gasteiger partial charge < -0.3 is 20.7 Å². The molecule has 0 aliphatic heterocycles. The Morgan fingerprint density at radius 1 is 1.04 bits per heavy atom. The minimum atomic E-state index is 0.313. The lowest BCUT2D eigenvalue weighted by Gasteiger charge is -2.12. The Hall–Kier alpha value is -3.22. The van der Waals surface area contributed by atoms with Gasteiger partial charge in [0.15, 0.2) is 0 Å². The zero-order valence-corrected chi connectivity index (χ0v) is 13.9. The molecule has 3 aromatic rings. The normalized spacial score (nSPS) is 10.5. The standard InChI is InChI=1S/C17H20N6O/c1-22(2)13-6-4-12(5-7-13)19-17-20-16(18)23(21-17)14-8-10-15(24-3)11-9-14/h4-11H,1-3H3,(H3,18,19,20,21). The molecule has 0 aliphatic rings. The minimum absolute atomic E-state index is 0.313. The summed E-state index contributed by atoms with van der Waals surface area (Å²) in [6.45, 7) is 0. The lowest BCUT2D eigenvalue weighted by Crippen LogP contribution is -2.08. The summed E-state index contributed by atoms with van der Waals surface area (Å²) in [7, 11) is 5.63. The van der Waals surface area contributed by atoms with E-state index in [0.717, 1.165) is 22.8 Å². The topological polar surface area (TPSA) is 81.2 Å². The molecule has 0 saturated carbocycles. The summed E-state index contributed by atoms with van der Waals surface area (Å²) in [5.41, 5.74) is 8.81. The zero-order chi connectivity index (χ0) is 17.1. The van der Waals surface area contributed by atoms with Gasteiger partial charge >= 0.3 is 0 Å². The van der Waals surface area contributed by atoms with Crippen LogP contribution in [0.25, 0.3) is 5.69 Å². The summed E-state index contributed by atoms with van der Waals surface area (Å²) in [5, 5.41) is 7.56. The number of nitrogens with zero attached hydrogens (tertiary/aromatic N) is 4. The summed E-state index contributed by atoms with van der Waals surface area (Å²) in [4.78, 5) is 6.30. The fraction of sp³-hybridized carbons (Fsp3) is 0.176. The summed E-state index contributed by atoms with van der Waals surface area (Å²) >= 11 is 0. The van der Waals surface area contributed by atoms with Crippen molar-refractivity contribution in [1.82, 2.24) is 14.8 Å². The van der Waals surface area contributed by atoms with Gasteiger partial charge in [0.25, 0.3) is 0 Å². The molecule has 0 atom stereocenters. The Labute approximate surface area is 140 Å². The van der Waals surface area contributed by atoms with Crippen LogP contribution in [0.3, 0.4) is 0 Å². The molecule has 1 aromatic heterocycles. The molecule has 0 radical (unpaired) electrons. The first-order chi connectivity index (χ1) is 11.6. The lowest BCUT2D eigenvalue weighted by atomic mass is 10.2. The van der Waals surface area contributed by atoms with E-state index in [1.54, 1.807) is 11.8 Å². The summed E-state index contributed by atoms with van der Waals surface area (Å²) in [6.07, 6.45) is 0. The van der Waals surface area contributed by atoms with Gasteiger partial charge in [0.05, 0.1) is 12.8 Å². The van der Waals surface area contributed by atoms with Gasteiger partial charge in [0, 0.05) is 25.5 Å². The smallest absolute Gasteiger partial charge is 0.248 e. The van der Waals surface area contributed by atoms with Crippen LogP contribution < -0.4 is 20.7 Å². The van der Waals surface area contributed by atoms with Crippen molar-refractivity contribution in [2.45, 2.75) is 0 Å². The average molecular weight is 324 g/mol. The monoisotopic (exact) mass is 324 g/mol. The molecule has 2 aromatic carbocycles. The second kappa shape index (κ2) is 6.49. The first kappa shape index (κ1) is 15.7. The van der Waals surface area contributed by atoms with Crippen molar-refractivity contribution < 1.29 is 4.74 Å². The Bertz CT molecular complexity index is 808. The number of nitrogens with two attached hydrogens (primary N) is 1. The van der Waals surface area contributed by atoms with E-state index in [1.165, 1.54) is 0 Å². The number of methoxy groups -OCH3 is 1. The van der Waals surface area contributed by atoms with Crippen LogP contribution in [0.2, 0.25) is 0 Å². The highest BCUT2D eigenvalue weighted by atomic mass is 16.5. The second-order valence-electron chi connectivity index (χ2n) is 5.47. The largest absolute Gasteiger partial charge is 0.497 e. The van der Waals surface area contributed by atoms with Crippen LogP contribution in [-0.2, 0) is 0 Å². The maximum atomic E-state index is 5.97. The Kier molecular flexibility index (Phi) is 4.24. The summed E-state index contributed by atoms with van der Waals surface area (Å²) in [5.74, 6) is 1.53. The molecular formula is C17H20N6O. The van der Waals surface area contributed by atoms with Crippen molar-refractivity contribution in [1.29, 1.82) is 0 Å². The van der Waals surface area contributed by atoms with Gasteiger partial charge in [0.1, 0.15) is 5.75 Å². The van der Waals surface area contributed by atoms with E-state index in [-0.39, 0.29) is 0 Å². The van der Waals surface area contributed by atoms with E-state index >= 15 is 0 Å². The number of benzene rings is 2. The molecule has 124 valence electrons. The first-order valence-corrected chi connectivity index (χ1v) is 7.48. The first-order valence-electron chi connectivity index (χ1n) is 7.48. The molecule has 7 heteroatoms. The van der Waals surface area contributed by atoms with E-state index in [0.29, 0.717) is 11.9 Å². The van der Waals surface area contributed by atoms with Crippen LogP contribution in [0.5, 0.6) is 5.75 Å². The number of nitrogens with one attached hydrogen (secondary N) is 1. The number of nitrogen functional groups attached to an aromatic ring is 1. The lowest BCUT2D eigenvalue weighted by molar-refractivity contribution is 0.414. The van der Waals surface area contributed by atoms with Crippen molar-refractivity contribution in [3.05, 3.63) is 48.5 Å². The Morgan fingerprint density at radius 3 is 2.29 bits per heavy atom. The molecule has 0 bridgehead atoms. The van der Waals surface area contributed by atoms with E-state index in [2.05, 4.69) is 15.4 Å². The number of hydrogen-bond donors (Lipinski definition) is 2. The third kappa shape index (κ3) is 3.24. The van der Waals surface area contributed by atoms with Gasteiger partial charge in [-0.3, -0.25) is 0 Å². The molecule has 0 fully saturated rings. The maximum absolute atomic E-state index is 5.97. The summed E-state index contributed by atoms with van der Waals surface area (Å²) < 4.78 is 6.73. The second-order valence-corrected chi connectivity index (χ2v) is 5.47. The van der Waals surface area contributed by atoms with E-state index < -0.39 is 0 Å². The average Bonchev–Trinajstić information content (AvgIpc) is 2.95. The van der Waals surface area contributed by atoms with Gasteiger partial charge in [-0.05, 0) is 48.5 Å². The molecule has 7 nitrogen and oxygen atoms in total. The third-order valence-corrected chi connectivity index (χ3v) is 3.59. The fourth-order valence-electron chi connectivity index (χ4n) is 2.26. The quantitative estimate of drug-likeness (QED) is 0.751. The molecule has 3 N–H and O–H groups in total. The molecule has 0 spiro atoms. The van der Waals surface area contributed by atoms with Crippen LogP contribution in [0.15, 0.2) is 48.5 Å². The van der Waals surface area contributed by atoms with Crippen molar-refractivity contribution in [3.8, 4) is 11.4 Å².